The number of nitrogens with zero attached hydrogens (tertiary/aromatic N) is 2. The fourth-order valence-corrected chi connectivity index (χ4v) is 1.50. The van der Waals surface area contributed by atoms with Crippen LogP contribution in [-0.4, -0.2) is 29.5 Å². The largest absolute Gasteiger partial charge is 0.377 e. The smallest absolute Gasteiger partial charge is 0.217 e. The summed E-state index contributed by atoms with van der Waals surface area (Å²) in [6.45, 7) is 1.01. The lowest BCUT2D eigenvalue weighted by molar-refractivity contribution is -0.118. The van der Waals surface area contributed by atoms with Gasteiger partial charge in [-0.2, -0.15) is 0 Å². The average Bonchev–Trinajstić information content (AvgIpc) is 2.38. The van der Waals surface area contributed by atoms with Crippen LogP contribution in [0.4, 0.5) is 11.6 Å². The van der Waals surface area contributed by atoms with Gasteiger partial charge in [0.1, 0.15) is 18.2 Å². The summed E-state index contributed by atoms with van der Waals surface area (Å²) in [5, 5.41) is 3.14. The zero-order valence-corrected chi connectivity index (χ0v) is 11.0. The number of anilines is 2. The van der Waals surface area contributed by atoms with Crippen molar-refractivity contribution in [2.75, 3.05) is 24.4 Å². The van der Waals surface area contributed by atoms with Crippen molar-refractivity contribution in [3.8, 4) is 0 Å². The molecular formula is C11H20N6O2. The molecule has 0 bridgehead atoms. The molecule has 0 fully saturated rings. The Labute approximate surface area is 111 Å². The number of nitrogens with one attached hydrogen (secondary N) is 2. The van der Waals surface area contributed by atoms with Crippen LogP contribution < -0.4 is 22.3 Å². The van der Waals surface area contributed by atoms with Crippen molar-refractivity contribution < 1.29 is 9.53 Å². The van der Waals surface area contributed by atoms with E-state index in [9.17, 15) is 4.79 Å². The summed E-state index contributed by atoms with van der Waals surface area (Å²) in [6.07, 6.45) is 1.98. The van der Waals surface area contributed by atoms with Crippen LogP contribution in [0, 0.1) is 0 Å². The first kappa shape index (κ1) is 15.1. The van der Waals surface area contributed by atoms with E-state index < -0.39 is 0 Å². The number of unbranched alkanes of at least 4 members (excludes halogenated alkanes) is 1. The van der Waals surface area contributed by atoms with Crippen LogP contribution in [0.25, 0.3) is 0 Å². The summed E-state index contributed by atoms with van der Waals surface area (Å²) in [6, 6.07) is 1.70. The maximum absolute atomic E-state index is 10.6. The first-order valence-corrected chi connectivity index (χ1v) is 6.01. The third-order valence-corrected chi connectivity index (χ3v) is 2.35. The molecule has 0 aliphatic rings. The maximum Gasteiger partial charge on any atom is 0.217 e. The van der Waals surface area contributed by atoms with E-state index in [-0.39, 0.29) is 5.91 Å². The molecule has 0 saturated heterocycles. The van der Waals surface area contributed by atoms with Crippen LogP contribution in [0.3, 0.4) is 0 Å². The zero-order valence-electron chi connectivity index (χ0n) is 11.0. The van der Waals surface area contributed by atoms with Gasteiger partial charge in [-0.1, -0.05) is 0 Å². The second-order valence-corrected chi connectivity index (χ2v) is 3.98. The summed E-state index contributed by atoms with van der Waals surface area (Å²) in [5.41, 5.74) is 7.54. The molecule has 0 spiro atoms. The minimum atomic E-state index is -0.279. The molecule has 6 N–H and O–H groups in total. The molecule has 8 nitrogen and oxygen atoms in total. The summed E-state index contributed by atoms with van der Waals surface area (Å²) in [7, 11) is 1.57. The van der Waals surface area contributed by atoms with E-state index >= 15 is 0 Å². The lowest BCUT2D eigenvalue weighted by Crippen LogP contribution is -2.13. The van der Waals surface area contributed by atoms with E-state index in [0.29, 0.717) is 37.0 Å². The van der Waals surface area contributed by atoms with Gasteiger partial charge >= 0.3 is 0 Å². The molecule has 0 radical (unpaired) electrons. The number of nitrogen functional groups attached to an aromatic ring is 1. The van der Waals surface area contributed by atoms with Crippen molar-refractivity contribution in [3.05, 3.63) is 11.9 Å². The molecule has 0 atom stereocenters. The maximum atomic E-state index is 10.6. The number of carbonyl (C=O) groups excluding carboxylic acids is 1. The Morgan fingerprint density at radius 3 is 2.74 bits per heavy atom. The molecule has 0 saturated carbocycles. The number of aromatic nitrogens is 2. The van der Waals surface area contributed by atoms with Crippen molar-refractivity contribution in [2.24, 2.45) is 11.6 Å². The van der Waals surface area contributed by atoms with E-state index in [1.165, 1.54) is 0 Å². The highest BCUT2D eigenvalue weighted by Crippen LogP contribution is 2.11. The first-order chi connectivity index (χ1) is 9.15. The Kier molecular flexibility index (Phi) is 6.55. The van der Waals surface area contributed by atoms with Crippen LogP contribution in [0.1, 0.15) is 25.1 Å². The minimum absolute atomic E-state index is 0.279. The molecule has 1 aromatic rings. The molecule has 0 aliphatic carbocycles. The summed E-state index contributed by atoms with van der Waals surface area (Å²) in [5.74, 6) is 6.77. The summed E-state index contributed by atoms with van der Waals surface area (Å²) in [4.78, 5) is 19.0. The Balaban J connectivity index is 2.47. The number of ether oxygens (including phenoxy) is 1. The van der Waals surface area contributed by atoms with Crippen LogP contribution in [0.2, 0.25) is 0 Å². The monoisotopic (exact) mass is 268 g/mol. The van der Waals surface area contributed by atoms with Gasteiger partial charge in [0.25, 0.3) is 0 Å². The Bertz CT molecular complexity index is 412. The topological polar surface area (TPSA) is 128 Å². The number of hydrazine groups is 1. The number of methoxy groups -OCH3 is 1. The van der Waals surface area contributed by atoms with Crippen LogP contribution >= 0.6 is 0 Å². The molecule has 0 aliphatic heterocycles. The van der Waals surface area contributed by atoms with E-state index in [0.717, 1.165) is 12.8 Å². The van der Waals surface area contributed by atoms with Crippen molar-refractivity contribution in [1.29, 1.82) is 0 Å². The Morgan fingerprint density at radius 2 is 2.11 bits per heavy atom. The van der Waals surface area contributed by atoms with E-state index in [1.807, 2.05) is 0 Å². The lowest BCUT2D eigenvalue weighted by Gasteiger charge is -2.09. The lowest BCUT2D eigenvalue weighted by atomic mass is 10.2. The van der Waals surface area contributed by atoms with Gasteiger partial charge < -0.3 is 21.2 Å². The number of rotatable bonds is 9. The summed E-state index contributed by atoms with van der Waals surface area (Å²) < 4.78 is 4.98. The fraction of sp³-hybridized carbons (Fsp3) is 0.545. The number of nitrogens with two attached hydrogens (primary N) is 2. The van der Waals surface area contributed by atoms with Gasteiger partial charge in [-0.25, -0.2) is 15.8 Å². The molecule has 1 rings (SSSR count). The third-order valence-electron chi connectivity index (χ3n) is 2.35. The normalized spacial score (nSPS) is 10.2. The highest BCUT2D eigenvalue weighted by atomic mass is 16.5. The van der Waals surface area contributed by atoms with Crippen molar-refractivity contribution in [1.82, 2.24) is 9.97 Å². The molecule has 106 valence electrons. The van der Waals surface area contributed by atoms with Gasteiger partial charge in [-0.15, -0.1) is 0 Å². The standard InChI is InChI=1S/C11H20N6O2/c1-19-7-11-15-9(6-10(16-11)17-13)14-5-3-2-4-8(12)18/h6H,2-5,7,13H2,1H3,(H2,12,18)(H2,14,15,16,17). The van der Waals surface area contributed by atoms with Gasteiger partial charge in [0.05, 0.1) is 0 Å². The molecule has 1 heterocycles. The number of primary amides is 1. The van der Waals surface area contributed by atoms with Gasteiger partial charge in [0.15, 0.2) is 5.82 Å². The number of hydrogen-bond donors (Lipinski definition) is 4. The van der Waals surface area contributed by atoms with E-state index in [1.54, 1.807) is 13.2 Å². The SMILES string of the molecule is COCc1nc(NN)cc(NCCCCC(N)=O)n1. The molecule has 8 heteroatoms. The molecule has 0 unspecified atom stereocenters. The van der Waals surface area contributed by atoms with Crippen LogP contribution in [0.15, 0.2) is 6.07 Å². The van der Waals surface area contributed by atoms with E-state index in [4.69, 9.17) is 16.3 Å². The second-order valence-electron chi connectivity index (χ2n) is 3.98. The number of amides is 1. The highest BCUT2D eigenvalue weighted by molar-refractivity contribution is 5.73. The molecule has 1 amide bonds. The fourth-order valence-electron chi connectivity index (χ4n) is 1.50. The second kappa shape index (κ2) is 8.22. The van der Waals surface area contributed by atoms with Crippen LogP contribution in [-0.2, 0) is 16.1 Å². The zero-order chi connectivity index (χ0) is 14.1. The van der Waals surface area contributed by atoms with Crippen LogP contribution in [0.5, 0.6) is 0 Å². The number of hydrogen-bond acceptors (Lipinski definition) is 7. The van der Waals surface area contributed by atoms with Crippen molar-refractivity contribution in [3.63, 3.8) is 0 Å². The third kappa shape index (κ3) is 5.98. The predicted octanol–water partition coefficient (Wildman–Crippen LogP) is -0.0239. The van der Waals surface area contributed by atoms with E-state index in [2.05, 4.69) is 20.7 Å². The first-order valence-electron chi connectivity index (χ1n) is 6.01. The van der Waals surface area contributed by atoms with Gasteiger partial charge in [-0.3, -0.25) is 4.79 Å². The number of carbonyl (C=O) groups is 1. The molecule has 1 aromatic heterocycles. The quantitative estimate of drug-likeness (QED) is 0.281. The van der Waals surface area contributed by atoms with Gasteiger partial charge in [0.2, 0.25) is 5.91 Å². The molecule has 0 aromatic carbocycles. The van der Waals surface area contributed by atoms with Crippen molar-refractivity contribution >= 4 is 17.5 Å². The Hall–Kier alpha value is -1.93. The minimum Gasteiger partial charge on any atom is -0.377 e. The summed E-state index contributed by atoms with van der Waals surface area (Å²) >= 11 is 0. The van der Waals surface area contributed by atoms with Gasteiger partial charge in [-0.05, 0) is 12.8 Å². The molecular weight excluding hydrogens is 248 g/mol. The van der Waals surface area contributed by atoms with Gasteiger partial charge in [0, 0.05) is 26.1 Å². The molecule has 19 heavy (non-hydrogen) atoms. The van der Waals surface area contributed by atoms with Crippen molar-refractivity contribution in [2.45, 2.75) is 25.9 Å². The Morgan fingerprint density at radius 1 is 1.37 bits per heavy atom. The highest BCUT2D eigenvalue weighted by Gasteiger charge is 2.03. The average molecular weight is 268 g/mol. The predicted molar refractivity (Wildman–Crippen MR) is 72.1 cm³/mol.